The Hall–Kier alpha value is -7.51. The molecule has 3 aromatic carbocycles. The highest BCUT2D eigenvalue weighted by molar-refractivity contribution is 6.14. The molecule has 59 heavy (non-hydrogen) atoms. The summed E-state index contributed by atoms with van der Waals surface area (Å²) in [5.74, 6) is 0. The third kappa shape index (κ3) is 8.46. The van der Waals surface area contributed by atoms with E-state index in [1.54, 1.807) is 12.3 Å². The molecule has 292 valence electrons. The Morgan fingerprint density at radius 3 is 2.19 bits per heavy atom. The average Bonchev–Trinajstić information content (AvgIpc) is 3.74. The number of para-hydroxylation sites is 1. The molecule has 0 amide bonds. The number of hydrogen-bond acceptors (Lipinski definition) is 5. The Bertz CT molecular complexity index is 2790. The zero-order valence-electron chi connectivity index (χ0n) is 33.7. The number of rotatable bonds is 14. The molecule has 0 aliphatic heterocycles. The number of nitrogens with zero attached hydrogens (tertiary/aromatic N) is 5. The molecule has 0 spiro atoms. The number of allylic oxidation sites excluding steroid dienone is 16. The third-order valence-electron chi connectivity index (χ3n) is 10.3. The highest BCUT2D eigenvalue weighted by atomic mass is 15.1. The number of nitrogen functional groups attached to an aromatic ring is 2. The van der Waals surface area contributed by atoms with Crippen molar-refractivity contribution >= 4 is 62.8 Å². The van der Waals surface area contributed by atoms with Crippen LogP contribution in [0.5, 0.6) is 0 Å². The van der Waals surface area contributed by atoms with Crippen LogP contribution in [0.15, 0.2) is 204 Å². The van der Waals surface area contributed by atoms with E-state index < -0.39 is 0 Å². The first kappa shape index (κ1) is 39.7. The van der Waals surface area contributed by atoms with E-state index in [-0.39, 0.29) is 0 Å². The number of hydrogen-bond donors (Lipinski definition) is 2. The predicted molar refractivity (Wildman–Crippen MR) is 254 cm³/mol. The zero-order valence-corrected chi connectivity index (χ0v) is 33.7. The topological polar surface area (TPSA) is 99.5 Å². The lowest BCUT2D eigenvalue weighted by Crippen LogP contribution is -2.08. The summed E-state index contributed by atoms with van der Waals surface area (Å²) in [6.45, 7) is 9.98. The lowest BCUT2D eigenvalue weighted by atomic mass is 10.1. The fourth-order valence-electron chi connectivity index (χ4n) is 7.52. The molecule has 0 bridgehead atoms. The SMILES string of the molecule is C=C/C=C(\C=C/C)C/C=C(\C=C(/N=C)c1ccccc1)n1c(-c2c(N)c3ccccc3n2C(/C=C/C2=CCCC=C2)=C/C(=NC)c2ccccc2)c(N)c2ncccc21. The quantitative estimate of drug-likeness (QED) is 0.0852. The van der Waals surface area contributed by atoms with Crippen LogP contribution in [0.4, 0.5) is 11.4 Å². The fourth-order valence-corrected chi connectivity index (χ4v) is 7.52. The Balaban J connectivity index is 1.60. The molecule has 6 aromatic rings. The number of fused-ring (bicyclic) bond motifs is 2. The van der Waals surface area contributed by atoms with Crippen molar-refractivity contribution in [3.8, 4) is 11.4 Å². The minimum atomic E-state index is 0.493. The number of benzene rings is 3. The van der Waals surface area contributed by atoms with Crippen molar-refractivity contribution in [1.82, 2.24) is 14.1 Å². The molecule has 1 aliphatic carbocycles. The van der Waals surface area contributed by atoms with Crippen molar-refractivity contribution in [1.29, 1.82) is 0 Å². The molecule has 0 saturated carbocycles. The van der Waals surface area contributed by atoms with Gasteiger partial charge >= 0.3 is 0 Å². The summed E-state index contributed by atoms with van der Waals surface area (Å²) in [6, 6.07) is 32.4. The third-order valence-corrected chi connectivity index (χ3v) is 10.3. The first-order chi connectivity index (χ1) is 29.0. The van der Waals surface area contributed by atoms with Gasteiger partial charge in [0, 0.05) is 35.6 Å². The van der Waals surface area contributed by atoms with Crippen molar-refractivity contribution in [2.45, 2.75) is 26.2 Å². The van der Waals surface area contributed by atoms with Crippen LogP contribution in [-0.4, -0.2) is 33.6 Å². The van der Waals surface area contributed by atoms with E-state index in [1.807, 2.05) is 98.9 Å². The standard InChI is InChI=1S/C52H49N7/c1-5-19-37(20-6-2)30-32-42(36-45(56-4)40-25-14-9-15-26-40)59-47-29-18-34-57-50(47)49(54)52(59)51-48(53)43-27-16-17-28-46(43)58(51)41(33-31-38-21-10-7-11-22-38)35-44(55-3)39-23-12-8-13-24-39/h5-6,8-10,12-29,31-36H,1,4,7,11,30,53-54H2,2-3H3/b20-6-,33-31+,37-19+,41-35+,42-32+,45-36-,55-44?. The van der Waals surface area contributed by atoms with Gasteiger partial charge in [-0.1, -0.05) is 140 Å². The van der Waals surface area contributed by atoms with Crippen LogP contribution in [0.3, 0.4) is 0 Å². The second-order valence-corrected chi connectivity index (χ2v) is 14.0. The highest BCUT2D eigenvalue weighted by Crippen LogP contribution is 2.46. The van der Waals surface area contributed by atoms with Gasteiger partial charge in [-0.3, -0.25) is 15.0 Å². The van der Waals surface area contributed by atoms with Gasteiger partial charge in [-0.05, 0) is 86.0 Å². The Morgan fingerprint density at radius 2 is 1.49 bits per heavy atom. The first-order valence-electron chi connectivity index (χ1n) is 19.8. The summed E-state index contributed by atoms with van der Waals surface area (Å²) < 4.78 is 4.37. The summed E-state index contributed by atoms with van der Waals surface area (Å²) in [4.78, 5) is 14.2. The van der Waals surface area contributed by atoms with Gasteiger partial charge in [0.25, 0.3) is 0 Å². The van der Waals surface area contributed by atoms with Gasteiger partial charge in [0.2, 0.25) is 0 Å². The van der Waals surface area contributed by atoms with Crippen LogP contribution in [0.2, 0.25) is 0 Å². The largest absolute Gasteiger partial charge is 0.396 e. The maximum Gasteiger partial charge on any atom is 0.112 e. The van der Waals surface area contributed by atoms with Crippen molar-refractivity contribution in [3.63, 3.8) is 0 Å². The molecule has 7 heteroatoms. The molecule has 4 N–H and O–H groups in total. The molecule has 0 saturated heterocycles. The predicted octanol–water partition coefficient (Wildman–Crippen LogP) is 12.3. The summed E-state index contributed by atoms with van der Waals surface area (Å²) in [7, 11) is 1.82. The fraction of sp³-hybridized carbons (Fsp3) is 0.0962. The van der Waals surface area contributed by atoms with Gasteiger partial charge in [-0.2, -0.15) is 0 Å². The molecule has 7 rings (SSSR count). The highest BCUT2D eigenvalue weighted by Gasteiger charge is 2.28. The van der Waals surface area contributed by atoms with Gasteiger partial charge in [0.1, 0.15) is 5.52 Å². The van der Waals surface area contributed by atoms with E-state index in [2.05, 4.69) is 106 Å². The van der Waals surface area contributed by atoms with Crippen LogP contribution in [0, 0.1) is 0 Å². The van der Waals surface area contributed by atoms with E-state index in [9.17, 15) is 0 Å². The average molecular weight is 772 g/mol. The lowest BCUT2D eigenvalue weighted by Gasteiger charge is -2.19. The van der Waals surface area contributed by atoms with Gasteiger partial charge in [0.15, 0.2) is 0 Å². The van der Waals surface area contributed by atoms with E-state index in [1.165, 1.54) is 0 Å². The number of pyridine rings is 1. The van der Waals surface area contributed by atoms with Crippen molar-refractivity contribution < 1.29 is 0 Å². The summed E-state index contributed by atoms with van der Waals surface area (Å²) >= 11 is 0. The van der Waals surface area contributed by atoms with E-state index in [4.69, 9.17) is 21.4 Å². The molecule has 7 nitrogen and oxygen atoms in total. The van der Waals surface area contributed by atoms with Gasteiger partial charge in [0.05, 0.1) is 45.2 Å². The normalized spacial score (nSPS) is 14.5. The maximum absolute atomic E-state index is 7.40. The van der Waals surface area contributed by atoms with Crippen molar-refractivity contribution in [3.05, 3.63) is 205 Å². The van der Waals surface area contributed by atoms with Gasteiger partial charge < -0.3 is 20.6 Å². The smallest absolute Gasteiger partial charge is 0.112 e. The van der Waals surface area contributed by atoms with Crippen LogP contribution < -0.4 is 11.5 Å². The molecule has 0 fully saturated rings. The Kier molecular flexibility index (Phi) is 12.5. The number of nitrogens with two attached hydrogens (primary N) is 2. The number of anilines is 2. The summed E-state index contributed by atoms with van der Waals surface area (Å²) in [5.41, 5.74) is 26.9. The second-order valence-electron chi connectivity index (χ2n) is 14.0. The number of aliphatic imine (C=N–C) groups is 2. The number of aromatic nitrogens is 3. The maximum atomic E-state index is 7.40. The van der Waals surface area contributed by atoms with Gasteiger partial charge in [-0.15, -0.1) is 0 Å². The Labute approximate surface area is 346 Å². The van der Waals surface area contributed by atoms with Crippen molar-refractivity contribution in [2.24, 2.45) is 9.98 Å². The van der Waals surface area contributed by atoms with Gasteiger partial charge in [-0.25, -0.2) is 0 Å². The minimum Gasteiger partial charge on any atom is -0.396 e. The minimum absolute atomic E-state index is 0.493. The second kappa shape index (κ2) is 18.6. The molecule has 1 aliphatic rings. The molecule has 3 heterocycles. The molecular formula is C52H49N7. The molecule has 0 atom stereocenters. The monoisotopic (exact) mass is 771 g/mol. The van der Waals surface area contributed by atoms with Crippen LogP contribution in [-0.2, 0) is 0 Å². The summed E-state index contributed by atoms with van der Waals surface area (Å²) in [5, 5.41) is 0.889. The van der Waals surface area contributed by atoms with Crippen LogP contribution >= 0.6 is 0 Å². The zero-order chi connectivity index (χ0) is 41.1. The first-order valence-corrected chi connectivity index (χ1v) is 19.8. The Morgan fingerprint density at radius 1 is 0.797 bits per heavy atom. The van der Waals surface area contributed by atoms with E-state index >= 15 is 0 Å². The van der Waals surface area contributed by atoms with E-state index in [0.29, 0.717) is 34.7 Å². The van der Waals surface area contributed by atoms with E-state index in [0.717, 1.165) is 74.3 Å². The van der Waals surface area contributed by atoms with Crippen LogP contribution in [0.1, 0.15) is 37.3 Å². The van der Waals surface area contributed by atoms with Crippen LogP contribution in [0.25, 0.3) is 50.4 Å². The lowest BCUT2D eigenvalue weighted by molar-refractivity contribution is 1.02. The molecule has 0 radical (unpaired) electrons. The molecule has 0 unspecified atom stereocenters. The summed E-state index contributed by atoms with van der Waals surface area (Å²) in [6.07, 6.45) is 29.6. The molecule has 3 aromatic heterocycles. The molecular weight excluding hydrogens is 723 g/mol. The van der Waals surface area contributed by atoms with Crippen molar-refractivity contribution in [2.75, 3.05) is 18.5 Å².